The molecule has 0 radical (unpaired) electrons. The normalized spacial score (nSPS) is 20.9. The molecule has 0 spiro atoms. The van der Waals surface area contributed by atoms with Crippen LogP contribution in [0.5, 0.6) is 0 Å². The van der Waals surface area contributed by atoms with Crippen LogP contribution in [-0.4, -0.2) is 5.37 Å². The summed E-state index contributed by atoms with van der Waals surface area (Å²) in [7, 11) is 0. The molecule has 0 aliphatic carbocycles. The summed E-state index contributed by atoms with van der Waals surface area (Å²) in [5.74, 6) is 0. The first-order valence-electron chi connectivity index (χ1n) is 4.05. The van der Waals surface area contributed by atoms with Crippen molar-refractivity contribution in [3.8, 4) is 0 Å². The molecule has 0 amide bonds. The van der Waals surface area contributed by atoms with Gasteiger partial charge in [-0.1, -0.05) is 36.0 Å². The highest BCUT2D eigenvalue weighted by molar-refractivity contribution is 8.00. The summed E-state index contributed by atoms with van der Waals surface area (Å²) in [5.41, 5.74) is 1.26. The molecule has 62 valence electrons. The summed E-state index contributed by atoms with van der Waals surface area (Å²) >= 11 is 1.86. The van der Waals surface area contributed by atoms with Crippen molar-refractivity contribution < 1.29 is 0 Å². The third kappa shape index (κ3) is 1.34. The van der Waals surface area contributed by atoms with E-state index < -0.39 is 0 Å². The van der Waals surface area contributed by atoms with E-state index in [1.807, 2.05) is 18.7 Å². The molecule has 1 nitrogen and oxygen atoms in total. The SMILES string of the molecule is C/C=C/C1Nc2ccccc2S1. The van der Waals surface area contributed by atoms with Gasteiger partial charge in [0.15, 0.2) is 0 Å². The molecule has 1 unspecified atom stereocenters. The number of thioether (sulfide) groups is 1. The van der Waals surface area contributed by atoms with Crippen molar-refractivity contribution in [2.75, 3.05) is 5.32 Å². The van der Waals surface area contributed by atoms with E-state index in [2.05, 4.69) is 41.7 Å². The summed E-state index contributed by atoms with van der Waals surface area (Å²) in [6.07, 6.45) is 4.25. The number of allylic oxidation sites excluding steroid dienone is 1. The lowest BCUT2D eigenvalue weighted by Gasteiger charge is -2.01. The Balaban J connectivity index is 2.22. The molecule has 1 aliphatic heterocycles. The van der Waals surface area contributed by atoms with Gasteiger partial charge >= 0.3 is 0 Å². The molecule has 2 rings (SSSR count). The molecule has 0 bridgehead atoms. The number of rotatable bonds is 1. The van der Waals surface area contributed by atoms with Gasteiger partial charge < -0.3 is 5.32 Å². The number of fused-ring (bicyclic) bond motifs is 1. The number of anilines is 1. The van der Waals surface area contributed by atoms with Crippen LogP contribution in [0.25, 0.3) is 0 Å². The summed E-state index contributed by atoms with van der Waals surface area (Å²) in [6.45, 7) is 2.05. The quantitative estimate of drug-likeness (QED) is 0.661. The largest absolute Gasteiger partial charge is 0.369 e. The summed E-state index contributed by atoms with van der Waals surface area (Å²) in [6, 6.07) is 8.40. The van der Waals surface area contributed by atoms with Crippen molar-refractivity contribution in [2.24, 2.45) is 0 Å². The van der Waals surface area contributed by atoms with Gasteiger partial charge in [0.2, 0.25) is 0 Å². The average Bonchev–Trinajstić information content (AvgIpc) is 2.47. The van der Waals surface area contributed by atoms with Crippen LogP contribution < -0.4 is 5.32 Å². The lowest BCUT2D eigenvalue weighted by atomic mass is 10.3. The first kappa shape index (κ1) is 7.74. The number of nitrogens with one attached hydrogen (secondary N) is 1. The number of hydrogen-bond acceptors (Lipinski definition) is 2. The van der Waals surface area contributed by atoms with Gasteiger partial charge in [-0.15, -0.1) is 0 Å². The van der Waals surface area contributed by atoms with Crippen LogP contribution in [0, 0.1) is 0 Å². The predicted molar refractivity (Wildman–Crippen MR) is 54.5 cm³/mol. The molecule has 1 heterocycles. The Bertz CT molecular complexity index is 281. The first-order chi connectivity index (χ1) is 5.90. The van der Waals surface area contributed by atoms with Gasteiger partial charge in [0, 0.05) is 10.6 Å². The van der Waals surface area contributed by atoms with Gasteiger partial charge in [-0.3, -0.25) is 0 Å². The van der Waals surface area contributed by atoms with Crippen molar-refractivity contribution in [2.45, 2.75) is 17.2 Å². The fourth-order valence-electron chi connectivity index (χ4n) is 1.27. The molecule has 12 heavy (non-hydrogen) atoms. The van der Waals surface area contributed by atoms with E-state index in [1.54, 1.807) is 0 Å². The van der Waals surface area contributed by atoms with Crippen LogP contribution in [-0.2, 0) is 0 Å². The molecule has 1 atom stereocenters. The molecule has 0 saturated carbocycles. The van der Waals surface area contributed by atoms with Gasteiger partial charge in [0.05, 0.1) is 5.37 Å². The van der Waals surface area contributed by atoms with Gasteiger partial charge in [0.1, 0.15) is 0 Å². The van der Waals surface area contributed by atoms with Crippen LogP contribution in [0.4, 0.5) is 5.69 Å². The summed E-state index contributed by atoms with van der Waals surface area (Å²) in [4.78, 5) is 1.35. The fraction of sp³-hybridized carbons (Fsp3) is 0.200. The molecule has 1 aromatic rings. The highest BCUT2D eigenvalue weighted by atomic mass is 32.2. The van der Waals surface area contributed by atoms with Gasteiger partial charge in [-0.05, 0) is 19.1 Å². The monoisotopic (exact) mass is 177 g/mol. The lowest BCUT2D eigenvalue weighted by Crippen LogP contribution is -2.04. The maximum Gasteiger partial charge on any atom is 0.0956 e. The number of para-hydroxylation sites is 1. The zero-order chi connectivity index (χ0) is 8.39. The van der Waals surface area contributed by atoms with E-state index in [4.69, 9.17) is 0 Å². The molecule has 1 aliphatic rings. The third-order valence-electron chi connectivity index (χ3n) is 1.81. The predicted octanol–water partition coefficient (Wildman–Crippen LogP) is 3.11. The maximum atomic E-state index is 3.41. The zero-order valence-electron chi connectivity index (χ0n) is 6.95. The number of hydrogen-bond donors (Lipinski definition) is 1. The maximum absolute atomic E-state index is 3.41. The highest BCUT2D eigenvalue weighted by Gasteiger charge is 2.17. The molecule has 0 aromatic heterocycles. The minimum Gasteiger partial charge on any atom is -0.369 e. The lowest BCUT2D eigenvalue weighted by molar-refractivity contribution is 1.27. The van der Waals surface area contributed by atoms with Gasteiger partial charge in [-0.25, -0.2) is 0 Å². The van der Waals surface area contributed by atoms with Gasteiger partial charge in [0.25, 0.3) is 0 Å². The van der Waals surface area contributed by atoms with Crippen molar-refractivity contribution in [1.29, 1.82) is 0 Å². The Morgan fingerprint density at radius 1 is 1.42 bits per heavy atom. The Kier molecular flexibility index (Phi) is 2.09. The second-order valence-electron chi connectivity index (χ2n) is 2.70. The summed E-state index contributed by atoms with van der Waals surface area (Å²) in [5, 5.41) is 3.84. The molecular weight excluding hydrogens is 166 g/mol. The highest BCUT2D eigenvalue weighted by Crippen LogP contribution is 2.38. The van der Waals surface area contributed by atoms with Crippen LogP contribution in [0.15, 0.2) is 41.3 Å². The van der Waals surface area contributed by atoms with Crippen molar-refractivity contribution >= 4 is 17.4 Å². The van der Waals surface area contributed by atoms with E-state index in [9.17, 15) is 0 Å². The molecule has 0 saturated heterocycles. The Morgan fingerprint density at radius 3 is 3.00 bits per heavy atom. The molecule has 1 N–H and O–H groups in total. The van der Waals surface area contributed by atoms with E-state index in [-0.39, 0.29) is 0 Å². The van der Waals surface area contributed by atoms with Crippen molar-refractivity contribution in [1.82, 2.24) is 0 Å². The zero-order valence-corrected chi connectivity index (χ0v) is 7.77. The third-order valence-corrected chi connectivity index (χ3v) is 2.94. The number of benzene rings is 1. The van der Waals surface area contributed by atoms with Crippen molar-refractivity contribution in [3.05, 3.63) is 36.4 Å². The average molecular weight is 177 g/mol. The Hall–Kier alpha value is -0.890. The first-order valence-corrected chi connectivity index (χ1v) is 4.93. The van der Waals surface area contributed by atoms with Crippen LogP contribution in [0.1, 0.15) is 6.92 Å². The minimum absolute atomic E-state index is 0.424. The van der Waals surface area contributed by atoms with E-state index >= 15 is 0 Å². The second kappa shape index (κ2) is 3.23. The minimum atomic E-state index is 0.424. The standard InChI is InChI=1S/C10H11NS/c1-2-5-10-11-8-6-3-4-7-9(8)12-10/h2-7,10-11H,1H3/b5-2+. The van der Waals surface area contributed by atoms with E-state index in [0.717, 1.165) is 0 Å². The summed E-state index contributed by atoms with van der Waals surface area (Å²) < 4.78 is 0. The van der Waals surface area contributed by atoms with Crippen molar-refractivity contribution in [3.63, 3.8) is 0 Å². The fourth-order valence-corrected chi connectivity index (χ4v) is 2.38. The molecule has 0 fully saturated rings. The second-order valence-corrected chi connectivity index (χ2v) is 3.89. The molecule has 2 heteroatoms. The topological polar surface area (TPSA) is 12.0 Å². The van der Waals surface area contributed by atoms with Crippen LogP contribution in [0.2, 0.25) is 0 Å². The molecule has 1 aromatic carbocycles. The van der Waals surface area contributed by atoms with Gasteiger partial charge in [-0.2, -0.15) is 0 Å². The van der Waals surface area contributed by atoms with Crippen LogP contribution >= 0.6 is 11.8 Å². The van der Waals surface area contributed by atoms with Crippen LogP contribution in [0.3, 0.4) is 0 Å². The van der Waals surface area contributed by atoms with E-state index in [1.165, 1.54) is 10.6 Å². The molecular formula is C10H11NS. The Morgan fingerprint density at radius 2 is 2.25 bits per heavy atom. The smallest absolute Gasteiger partial charge is 0.0956 e. The Labute approximate surface area is 76.9 Å². The van der Waals surface area contributed by atoms with E-state index in [0.29, 0.717) is 5.37 Å².